The van der Waals surface area contributed by atoms with Crippen molar-refractivity contribution in [2.75, 3.05) is 11.9 Å². The van der Waals surface area contributed by atoms with Gasteiger partial charge in [0.2, 0.25) is 0 Å². The van der Waals surface area contributed by atoms with Gasteiger partial charge in [0, 0.05) is 23.7 Å². The van der Waals surface area contributed by atoms with E-state index in [2.05, 4.69) is 11.4 Å². The van der Waals surface area contributed by atoms with Gasteiger partial charge >= 0.3 is 0 Å². The highest BCUT2D eigenvalue weighted by Gasteiger charge is 2.23. The first-order valence-corrected chi connectivity index (χ1v) is 7.09. The first kappa shape index (κ1) is 14.5. The molecular weight excluding hydrogens is 252 g/mol. The van der Waals surface area contributed by atoms with Gasteiger partial charge in [-0.3, -0.25) is 4.79 Å². The van der Waals surface area contributed by atoms with Crippen LogP contribution in [0.15, 0.2) is 18.2 Å². The molecular formula is C16H20N2O2. The third-order valence-electron chi connectivity index (χ3n) is 3.95. The van der Waals surface area contributed by atoms with E-state index >= 15 is 0 Å². The number of carbonyl (C=O) groups excluding carboxylic acids is 1. The van der Waals surface area contributed by atoms with E-state index in [-0.39, 0.29) is 17.8 Å². The van der Waals surface area contributed by atoms with Gasteiger partial charge in [-0.15, -0.1) is 0 Å². The van der Waals surface area contributed by atoms with Gasteiger partial charge in [-0.25, -0.2) is 0 Å². The van der Waals surface area contributed by atoms with Crippen LogP contribution < -0.4 is 5.32 Å². The highest BCUT2D eigenvalue weighted by atomic mass is 16.3. The summed E-state index contributed by atoms with van der Waals surface area (Å²) < 4.78 is 0. The van der Waals surface area contributed by atoms with E-state index in [0.717, 1.165) is 25.7 Å². The monoisotopic (exact) mass is 272 g/mol. The molecule has 1 aliphatic carbocycles. The number of benzene rings is 1. The van der Waals surface area contributed by atoms with Crippen molar-refractivity contribution in [1.29, 1.82) is 5.26 Å². The van der Waals surface area contributed by atoms with Crippen molar-refractivity contribution in [3.63, 3.8) is 0 Å². The van der Waals surface area contributed by atoms with Crippen LogP contribution in [0.1, 0.15) is 48.5 Å². The van der Waals surface area contributed by atoms with Gasteiger partial charge < -0.3 is 10.4 Å². The number of rotatable bonds is 4. The number of ketones is 1. The van der Waals surface area contributed by atoms with E-state index < -0.39 is 0 Å². The number of nitrogens with one attached hydrogen (secondary N) is 1. The topological polar surface area (TPSA) is 73.1 Å². The van der Waals surface area contributed by atoms with E-state index in [1.807, 2.05) is 0 Å². The number of aliphatic hydroxyl groups is 1. The van der Waals surface area contributed by atoms with Crippen LogP contribution in [0.3, 0.4) is 0 Å². The zero-order chi connectivity index (χ0) is 14.5. The summed E-state index contributed by atoms with van der Waals surface area (Å²) in [7, 11) is 0. The fourth-order valence-electron chi connectivity index (χ4n) is 2.73. The fraction of sp³-hybridized carbons (Fsp3) is 0.500. The maximum absolute atomic E-state index is 11.6. The maximum atomic E-state index is 11.6. The number of Topliss-reactive ketones (excluding diaryl/α,β-unsaturated/α-hetero) is 1. The molecule has 106 valence electrons. The minimum atomic E-state index is -0.267. The molecule has 1 fully saturated rings. The largest absolute Gasteiger partial charge is 0.393 e. The van der Waals surface area contributed by atoms with E-state index in [4.69, 9.17) is 5.26 Å². The molecule has 4 nitrogen and oxygen atoms in total. The lowest BCUT2D eigenvalue weighted by molar-refractivity contribution is 0.0763. The van der Waals surface area contributed by atoms with Crippen molar-refractivity contribution < 1.29 is 9.90 Å². The van der Waals surface area contributed by atoms with E-state index in [9.17, 15) is 9.90 Å². The summed E-state index contributed by atoms with van der Waals surface area (Å²) in [4.78, 5) is 11.6. The van der Waals surface area contributed by atoms with Gasteiger partial charge in [-0.1, -0.05) is 12.8 Å². The Kier molecular flexibility index (Phi) is 4.75. The highest BCUT2D eigenvalue weighted by molar-refractivity contribution is 5.99. The van der Waals surface area contributed by atoms with Crippen LogP contribution in [0.4, 0.5) is 5.69 Å². The van der Waals surface area contributed by atoms with E-state index in [1.165, 1.54) is 6.92 Å². The molecule has 2 rings (SSSR count). The Morgan fingerprint density at radius 3 is 2.85 bits per heavy atom. The van der Waals surface area contributed by atoms with Crippen molar-refractivity contribution >= 4 is 11.5 Å². The molecule has 0 saturated heterocycles. The minimum absolute atomic E-state index is 0.0267. The number of hydrogen-bond donors (Lipinski definition) is 2. The average molecular weight is 272 g/mol. The number of carbonyl (C=O) groups is 1. The molecule has 20 heavy (non-hydrogen) atoms. The molecule has 0 spiro atoms. The molecule has 0 bridgehead atoms. The first-order chi connectivity index (χ1) is 9.61. The Labute approximate surface area is 119 Å². The molecule has 2 N–H and O–H groups in total. The van der Waals surface area contributed by atoms with Gasteiger partial charge in [0.25, 0.3) is 0 Å². The van der Waals surface area contributed by atoms with Crippen molar-refractivity contribution in [1.82, 2.24) is 0 Å². The minimum Gasteiger partial charge on any atom is -0.393 e. The molecule has 0 heterocycles. The van der Waals surface area contributed by atoms with Crippen LogP contribution in [0.2, 0.25) is 0 Å². The third kappa shape index (κ3) is 3.37. The zero-order valence-electron chi connectivity index (χ0n) is 11.7. The SMILES string of the molecule is CC(=O)c1ccc(C#N)cc1NCC1CCCCC1O. The van der Waals surface area contributed by atoms with Gasteiger partial charge in [0.1, 0.15) is 0 Å². The Hall–Kier alpha value is -1.86. The molecule has 0 radical (unpaired) electrons. The average Bonchev–Trinajstić information content (AvgIpc) is 2.46. The molecule has 1 saturated carbocycles. The van der Waals surface area contributed by atoms with Crippen LogP contribution in [0, 0.1) is 17.2 Å². The van der Waals surface area contributed by atoms with Crippen molar-refractivity contribution in [2.45, 2.75) is 38.7 Å². The quantitative estimate of drug-likeness (QED) is 0.827. The molecule has 0 amide bonds. The summed E-state index contributed by atoms with van der Waals surface area (Å²) in [6, 6.07) is 7.11. The summed E-state index contributed by atoms with van der Waals surface area (Å²) in [5, 5.41) is 22.2. The predicted molar refractivity (Wildman–Crippen MR) is 77.6 cm³/mol. The third-order valence-corrected chi connectivity index (χ3v) is 3.95. The van der Waals surface area contributed by atoms with Gasteiger partial charge in [-0.2, -0.15) is 5.26 Å². The number of nitrogens with zero attached hydrogens (tertiary/aromatic N) is 1. The number of nitriles is 1. The molecule has 0 aliphatic heterocycles. The van der Waals surface area contributed by atoms with Crippen molar-refractivity contribution in [3.8, 4) is 6.07 Å². The standard InChI is InChI=1S/C16H20N2O2/c1-11(19)14-7-6-12(9-17)8-15(14)18-10-13-4-2-3-5-16(13)20/h6-8,13,16,18,20H,2-5,10H2,1H3. The number of anilines is 1. The van der Waals surface area contributed by atoms with Crippen LogP contribution in [0.5, 0.6) is 0 Å². The lowest BCUT2D eigenvalue weighted by Gasteiger charge is -2.28. The molecule has 1 aliphatic rings. The zero-order valence-corrected chi connectivity index (χ0v) is 11.7. The number of hydrogen-bond acceptors (Lipinski definition) is 4. The lowest BCUT2D eigenvalue weighted by atomic mass is 9.86. The van der Waals surface area contributed by atoms with Gasteiger partial charge in [-0.05, 0) is 38.0 Å². The van der Waals surface area contributed by atoms with Gasteiger partial charge in [0.05, 0.1) is 17.7 Å². The predicted octanol–water partition coefficient (Wildman–Crippen LogP) is 2.72. The molecule has 0 aromatic heterocycles. The maximum Gasteiger partial charge on any atom is 0.161 e. The van der Waals surface area contributed by atoms with Crippen LogP contribution >= 0.6 is 0 Å². The summed E-state index contributed by atoms with van der Waals surface area (Å²) in [6.07, 6.45) is 3.81. The second kappa shape index (κ2) is 6.53. The van der Waals surface area contributed by atoms with E-state index in [1.54, 1.807) is 18.2 Å². The lowest BCUT2D eigenvalue weighted by Crippen LogP contribution is -2.30. The molecule has 1 aromatic carbocycles. The van der Waals surface area contributed by atoms with Crippen LogP contribution in [-0.2, 0) is 0 Å². The van der Waals surface area contributed by atoms with Gasteiger partial charge in [0.15, 0.2) is 5.78 Å². The molecule has 2 unspecified atom stereocenters. The Bertz CT molecular complexity index is 534. The normalized spacial score (nSPS) is 22.1. The van der Waals surface area contributed by atoms with Crippen LogP contribution in [-0.4, -0.2) is 23.5 Å². The second-order valence-corrected chi connectivity index (χ2v) is 5.42. The molecule has 4 heteroatoms. The Balaban J connectivity index is 2.11. The first-order valence-electron chi connectivity index (χ1n) is 7.09. The highest BCUT2D eigenvalue weighted by Crippen LogP contribution is 2.26. The molecule has 2 atom stereocenters. The van der Waals surface area contributed by atoms with E-state index in [0.29, 0.717) is 23.4 Å². The Morgan fingerprint density at radius 1 is 1.45 bits per heavy atom. The van der Waals surface area contributed by atoms with Crippen molar-refractivity contribution in [2.24, 2.45) is 5.92 Å². The smallest absolute Gasteiger partial charge is 0.161 e. The summed E-state index contributed by atoms with van der Waals surface area (Å²) in [5.41, 5.74) is 1.81. The number of aliphatic hydroxyl groups excluding tert-OH is 1. The van der Waals surface area contributed by atoms with Crippen LogP contribution in [0.25, 0.3) is 0 Å². The summed E-state index contributed by atoms with van der Waals surface area (Å²) >= 11 is 0. The summed E-state index contributed by atoms with van der Waals surface area (Å²) in [5.74, 6) is 0.190. The second-order valence-electron chi connectivity index (χ2n) is 5.42. The summed E-state index contributed by atoms with van der Waals surface area (Å²) in [6.45, 7) is 2.15. The van der Waals surface area contributed by atoms with Crippen molar-refractivity contribution in [3.05, 3.63) is 29.3 Å². The fourth-order valence-corrected chi connectivity index (χ4v) is 2.73. The molecule has 1 aromatic rings. The Morgan fingerprint density at radius 2 is 2.20 bits per heavy atom.